The second-order valence-corrected chi connectivity index (χ2v) is 9.40. The molecule has 156 valence electrons. The Hall–Kier alpha value is -2.22. The highest BCUT2D eigenvalue weighted by Gasteiger charge is 2.24. The van der Waals surface area contributed by atoms with E-state index in [1.165, 1.54) is 5.56 Å². The van der Waals surface area contributed by atoms with Crippen LogP contribution in [0.5, 0.6) is 0 Å². The van der Waals surface area contributed by atoms with E-state index in [1.54, 1.807) is 18.7 Å². The third kappa shape index (κ3) is 5.44. The molecule has 0 bridgehead atoms. The van der Waals surface area contributed by atoms with Crippen LogP contribution in [0.25, 0.3) is 0 Å². The van der Waals surface area contributed by atoms with E-state index in [0.717, 1.165) is 25.2 Å². The maximum absolute atomic E-state index is 12.7. The first kappa shape index (κ1) is 21.5. The third-order valence-corrected chi connectivity index (χ3v) is 6.97. The third-order valence-electron chi connectivity index (χ3n) is 5.26. The average molecular weight is 416 g/mol. The summed E-state index contributed by atoms with van der Waals surface area (Å²) in [6.45, 7) is 8.92. The van der Waals surface area contributed by atoms with E-state index in [-0.39, 0.29) is 17.3 Å². The van der Waals surface area contributed by atoms with Crippen LogP contribution >= 0.6 is 0 Å². The second kappa shape index (κ2) is 9.07. The van der Waals surface area contributed by atoms with Gasteiger partial charge in [0.15, 0.2) is 0 Å². The summed E-state index contributed by atoms with van der Waals surface area (Å²) >= 11 is 0. The Kier molecular flexibility index (Phi) is 6.72. The number of hydrogen-bond acceptors (Lipinski definition) is 4. The zero-order valence-corrected chi connectivity index (χ0v) is 18.1. The van der Waals surface area contributed by atoms with Gasteiger partial charge in [0.25, 0.3) is 0 Å². The summed E-state index contributed by atoms with van der Waals surface area (Å²) < 4.78 is 28.0. The van der Waals surface area contributed by atoms with Crippen molar-refractivity contribution in [3.05, 3.63) is 64.7 Å². The number of nitrogens with one attached hydrogen (secondary N) is 1. The number of hydrogen-bond donors (Lipinski definition) is 1. The minimum absolute atomic E-state index is 0.185. The van der Waals surface area contributed by atoms with Crippen LogP contribution in [-0.4, -0.2) is 56.8 Å². The van der Waals surface area contributed by atoms with Crippen LogP contribution in [0.3, 0.4) is 0 Å². The van der Waals surface area contributed by atoms with Crippen molar-refractivity contribution in [2.24, 2.45) is 0 Å². The molecule has 0 spiro atoms. The molecule has 1 N–H and O–H groups in total. The number of carbonyl (C=O) groups is 1. The first-order valence-corrected chi connectivity index (χ1v) is 11.4. The molecule has 0 radical (unpaired) electrons. The smallest absolute Gasteiger partial charge is 0.241 e. The van der Waals surface area contributed by atoms with Crippen molar-refractivity contribution in [3.63, 3.8) is 0 Å². The number of nitrogens with zero attached hydrogens (tertiary/aromatic N) is 2. The lowest BCUT2D eigenvalue weighted by Crippen LogP contribution is -2.50. The van der Waals surface area contributed by atoms with Crippen LogP contribution in [0.4, 0.5) is 0 Å². The van der Waals surface area contributed by atoms with E-state index in [4.69, 9.17) is 0 Å². The monoisotopic (exact) mass is 415 g/mol. The molecule has 0 unspecified atom stereocenters. The molecule has 1 fully saturated rings. The molecule has 7 heteroatoms. The van der Waals surface area contributed by atoms with Gasteiger partial charge in [0, 0.05) is 32.7 Å². The number of benzene rings is 2. The molecule has 2 aromatic rings. The van der Waals surface area contributed by atoms with Gasteiger partial charge < -0.3 is 4.90 Å². The SMILES string of the molecule is Cc1cc(C)c(S(=O)(=O)NCC(=O)N2CCN(Cc3ccccc3)CC2)c(C)c1. The molecule has 1 saturated heterocycles. The molecule has 0 aromatic heterocycles. The van der Waals surface area contributed by atoms with E-state index in [2.05, 4.69) is 21.8 Å². The highest BCUT2D eigenvalue weighted by molar-refractivity contribution is 7.89. The topological polar surface area (TPSA) is 69.7 Å². The normalized spacial score (nSPS) is 15.5. The quantitative estimate of drug-likeness (QED) is 0.786. The second-order valence-electron chi connectivity index (χ2n) is 7.69. The molecule has 1 aliphatic heterocycles. The van der Waals surface area contributed by atoms with Crippen molar-refractivity contribution in [3.8, 4) is 0 Å². The van der Waals surface area contributed by atoms with Gasteiger partial charge in [-0.25, -0.2) is 13.1 Å². The summed E-state index contributed by atoms with van der Waals surface area (Å²) in [5.74, 6) is -0.185. The number of piperazine rings is 1. The summed E-state index contributed by atoms with van der Waals surface area (Å²) in [4.78, 5) is 16.9. The Balaban J connectivity index is 1.54. The van der Waals surface area contributed by atoms with Gasteiger partial charge in [-0.2, -0.15) is 0 Å². The van der Waals surface area contributed by atoms with Gasteiger partial charge >= 0.3 is 0 Å². The van der Waals surface area contributed by atoms with E-state index < -0.39 is 10.0 Å². The molecule has 1 amide bonds. The Morgan fingerprint density at radius 1 is 0.966 bits per heavy atom. The first-order valence-electron chi connectivity index (χ1n) is 9.88. The molecule has 6 nitrogen and oxygen atoms in total. The van der Waals surface area contributed by atoms with Crippen LogP contribution in [0.1, 0.15) is 22.3 Å². The minimum atomic E-state index is -3.73. The van der Waals surface area contributed by atoms with Crippen molar-refractivity contribution >= 4 is 15.9 Å². The predicted molar refractivity (Wildman–Crippen MR) is 114 cm³/mol. The summed E-state index contributed by atoms with van der Waals surface area (Å²) in [6.07, 6.45) is 0. The minimum Gasteiger partial charge on any atom is -0.339 e. The maximum Gasteiger partial charge on any atom is 0.241 e. The van der Waals surface area contributed by atoms with Crippen LogP contribution in [-0.2, 0) is 21.4 Å². The molecule has 0 saturated carbocycles. The lowest BCUT2D eigenvalue weighted by Gasteiger charge is -2.34. The number of sulfonamides is 1. The molecule has 1 aliphatic rings. The lowest BCUT2D eigenvalue weighted by molar-refractivity contribution is -0.131. The molecule has 0 aliphatic carbocycles. The van der Waals surface area contributed by atoms with Gasteiger partial charge in [0.05, 0.1) is 11.4 Å². The number of rotatable bonds is 6. The fourth-order valence-corrected chi connectivity index (χ4v) is 5.35. The highest BCUT2D eigenvalue weighted by Crippen LogP contribution is 2.21. The fourth-order valence-electron chi connectivity index (χ4n) is 3.93. The Morgan fingerprint density at radius 3 is 2.14 bits per heavy atom. The van der Waals surface area contributed by atoms with Gasteiger partial charge in [-0.1, -0.05) is 48.0 Å². The van der Waals surface area contributed by atoms with Gasteiger partial charge in [-0.15, -0.1) is 0 Å². The van der Waals surface area contributed by atoms with Crippen molar-refractivity contribution in [2.45, 2.75) is 32.2 Å². The van der Waals surface area contributed by atoms with Crippen LogP contribution in [0.2, 0.25) is 0 Å². The number of carbonyl (C=O) groups excluding carboxylic acids is 1. The largest absolute Gasteiger partial charge is 0.339 e. The Morgan fingerprint density at radius 2 is 1.55 bits per heavy atom. The standard InChI is InChI=1S/C22H29N3O3S/c1-17-13-18(2)22(19(3)14-17)29(27,28)23-15-21(26)25-11-9-24(10-12-25)16-20-7-5-4-6-8-20/h4-8,13-14,23H,9-12,15-16H2,1-3H3. The summed E-state index contributed by atoms with van der Waals surface area (Å²) in [7, 11) is -3.73. The van der Waals surface area contributed by atoms with Gasteiger partial charge in [-0.3, -0.25) is 9.69 Å². The van der Waals surface area contributed by atoms with Crippen LogP contribution in [0, 0.1) is 20.8 Å². The van der Waals surface area contributed by atoms with Gasteiger partial charge in [-0.05, 0) is 37.5 Å². The maximum atomic E-state index is 12.7. The molecule has 29 heavy (non-hydrogen) atoms. The van der Waals surface area contributed by atoms with Crippen molar-refractivity contribution < 1.29 is 13.2 Å². The van der Waals surface area contributed by atoms with Crippen molar-refractivity contribution in [2.75, 3.05) is 32.7 Å². The highest BCUT2D eigenvalue weighted by atomic mass is 32.2. The Bertz CT molecular complexity index is 943. The van der Waals surface area contributed by atoms with Crippen LogP contribution < -0.4 is 4.72 Å². The summed E-state index contributed by atoms with van der Waals surface area (Å²) in [6, 6.07) is 13.9. The predicted octanol–water partition coefficient (Wildman–Crippen LogP) is 2.23. The number of aryl methyl sites for hydroxylation is 3. The van der Waals surface area contributed by atoms with Crippen LogP contribution in [0.15, 0.2) is 47.4 Å². The Labute approximate surface area is 173 Å². The molecule has 3 rings (SSSR count). The summed E-state index contributed by atoms with van der Waals surface area (Å²) in [5.41, 5.74) is 3.65. The molecule has 2 aromatic carbocycles. The van der Waals surface area contributed by atoms with Crippen molar-refractivity contribution in [1.82, 2.24) is 14.5 Å². The average Bonchev–Trinajstić information content (AvgIpc) is 2.66. The zero-order valence-electron chi connectivity index (χ0n) is 17.3. The summed E-state index contributed by atoms with van der Waals surface area (Å²) in [5, 5.41) is 0. The van der Waals surface area contributed by atoms with E-state index in [9.17, 15) is 13.2 Å². The molecule has 1 heterocycles. The first-order chi connectivity index (χ1) is 13.8. The zero-order chi connectivity index (χ0) is 21.0. The van der Waals surface area contributed by atoms with E-state index in [1.807, 2.05) is 37.3 Å². The molecular formula is C22H29N3O3S. The van der Waals surface area contributed by atoms with E-state index in [0.29, 0.717) is 24.2 Å². The van der Waals surface area contributed by atoms with Gasteiger partial charge in [0.1, 0.15) is 0 Å². The lowest BCUT2D eigenvalue weighted by atomic mass is 10.1. The van der Waals surface area contributed by atoms with Crippen molar-refractivity contribution in [1.29, 1.82) is 0 Å². The fraction of sp³-hybridized carbons (Fsp3) is 0.409. The molecular weight excluding hydrogens is 386 g/mol. The number of amides is 1. The van der Waals surface area contributed by atoms with E-state index >= 15 is 0 Å². The molecule has 0 atom stereocenters. The van der Waals surface area contributed by atoms with Gasteiger partial charge in [0.2, 0.25) is 15.9 Å².